The molecule has 1 aliphatic rings. The maximum Gasteiger partial charge on any atom is 0.333 e. The van der Waals surface area contributed by atoms with Crippen molar-refractivity contribution >= 4 is 35.4 Å². The lowest BCUT2D eigenvalue weighted by atomic mass is 10.3. The molecule has 2 heterocycles. The number of aromatic nitrogens is 3. The first kappa shape index (κ1) is 18.5. The molecule has 0 unspecified atom stereocenters. The molecule has 1 aromatic carbocycles. The van der Waals surface area contributed by atoms with E-state index < -0.39 is 5.97 Å². The number of carbonyl (C=O) groups is 2. The van der Waals surface area contributed by atoms with Crippen LogP contribution < -0.4 is 0 Å². The molecule has 0 radical (unpaired) electrons. The zero-order chi connectivity index (χ0) is 18.4. The van der Waals surface area contributed by atoms with Gasteiger partial charge >= 0.3 is 5.97 Å². The highest BCUT2D eigenvalue weighted by Gasteiger charge is 2.27. The summed E-state index contributed by atoms with van der Waals surface area (Å²) in [5, 5.41) is 9.51. The third kappa shape index (κ3) is 4.47. The first-order valence-corrected chi connectivity index (χ1v) is 10.1. The number of amides is 1. The van der Waals surface area contributed by atoms with Gasteiger partial charge in [-0.25, -0.2) is 4.79 Å². The van der Waals surface area contributed by atoms with Gasteiger partial charge in [0.2, 0.25) is 5.91 Å². The Labute approximate surface area is 159 Å². The van der Waals surface area contributed by atoms with Crippen molar-refractivity contribution in [2.45, 2.75) is 12.1 Å². The lowest BCUT2D eigenvalue weighted by Crippen LogP contribution is -2.27. The first-order chi connectivity index (χ1) is 12.7. The lowest BCUT2D eigenvalue weighted by Gasteiger charge is -2.16. The van der Waals surface area contributed by atoms with E-state index in [0.29, 0.717) is 29.7 Å². The first-order valence-electron chi connectivity index (χ1n) is 8.09. The number of ether oxygens (including phenoxy) is 1. The monoisotopic (exact) mass is 390 g/mol. The Hall–Kier alpha value is -2.26. The quantitative estimate of drug-likeness (QED) is 0.408. The summed E-state index contributed by atoms with van der Waals surface area (Å²) < 4.78 is 6.83. The molecular weight excluding hydrogens is 372 g/mol. The minimum atomic E-state index is -0.425. The van der Waals surface area contributed by atoms with E-state index in [1.54, 1.807) is 18.2 Å². The average Bonchev–Trinajstić information content (AvgIpc) is 3.24. The second-order valence-electron chi connectivity index (χ2n) is 5.24. The summed E-state index contributed by atoms with van der Waals surface area (Å²) in [6.07, 6.45) is 3.05. The molecule has 3 rings (SSSR count). The number of carbonyl (C=O) groups excluding carboxylic acids is 2. The van der Waals surface area contributed by atoms with Crippen molar-refractivity contribution in [1.29, 1.82) is 0 Å². The van der Waals surface area contributed by atoms with E-state index in [1.165, 1.54) is 29.6 Å². The van der Waals surface area contributed by atoms with Gasteiger partial charge in [0.05, 0.1) is 23.5 Å². The second kappa shape index (κ2) is 8.91. The third-order valence-corrected chi connectivity index (χ3v) is 5.48. The van der Waals surface area contributed by atoms with Gasteiger partial charge in [-0.15, -0.1) is 10.2 Å². The molecule has 1 fully saturated rings. The molecule has 7 nitrogen and oxygen atoms in total. The topological polar surface area (TPSA) is 77.3 Å². The highest BCUT2D eigenvalue weighted by atomic mass is 32.2. The zero-order valence-corrected chi connectivity index (χ0v) is 15.8. The highest BCUT2D eigenvalue weighted by Crippen LogP contribution is 2.29. The van der Waals surface area contributed by atoms with Gasteiger partial charge in [-0.1, -0.05) is 41.7 Å². The van der Waals surface area contributed by atoms with Gasteiger partial charge < -0.3 is 9.64 Å². The van der Waals surface area contributed by atoms with Crippen LogP contribution >= 0.6 is 23.5 Å². The van der Waals surface area contributed by atoms with Crippen LogP contribution in [-0.2, 0) is 14.3 Å². The third-order valence-electron chi connectivity index (χ3n) is 3.54. The van der Waals surface area contributed by atoms with Crippen molar-refractivity contribution < 1.29 is 14.3 Å². The van der Waals surface area contributed by atoms with Crippen molar-refractivity contribution in [2.24, 2.45) is 0 Å². The summed E-state index contributed by atoms with van der Waals surface area (Å²) in [6, 6.07) is 9.82. The van der Waals surface area contributed by atoms with Crippen LogP contribution in [0.25, 0.3) is 5.69 Å². The van der Waals surface area contributed by atoms with Gasteiger partial charge in [0.25, 0.3) is 0 Å². The molecule has 0 N–H and O–H groups in total. The molecule has 1 saturated heterocycles. The summed E-state index contributed by atoms with van der Waals surface area (Å²) >= 11 is 2.87. The van der Waals surface area contributed by atoms with Crippen LogP contribution in [0.4, 0.5) is 0 Å². The predicted octanol–water partition coefficient (Wildman–Crippen LogP) is 2.34. The molecule has 0 spiro atoms. The van der Waals surface area contributed by atoms with Crippen molar-refractivity contribution in [3.63, 3.8) is 0 Å². The smallest absolute Gasteiger partial charge is 0.333 e. The molecule has 0 bridgehead atoms. The fourth-order valence-electron chi connectivity index (χ4n) is 2.37. The fraction of sp³-hybridized carbons (Fsp3) is 0.294. The Kier molecular flexibility index (Phi) is 6.35. The summed E-state index contributed by atoms with van der Waals surface area (Å²) in [6.45, 7) is 2.55. The van der Waals surface area contributed by atoms with Gasteiger partial charge in [-0.05, 0) is 19.1 Å². The molecule has 1 aliphatic heterocycles. The Morgan fingerprint density at radius 2 is 2.19 bits per heavy atom. The van der Waals surface area contributed by atoms with Crippen LogP contribution in [-0.4, -0.2) is 56.2 Å². The van der Waals surface area contributed by atoms with Gasteiger partial charge in [0.15, 0.2) is 5.16 Å². The number of hydrogen-bond acceptors (Lipinski definition) is 7. The van der Waals surface area contributed by atoms with E-state index in [0.717, 1.165) is 10.8 Å². The summed E-state index contributed by atoms with van der Waals surface area (Å²) in [5.41, 5.74) is 0.982. The van der Waals surface area contributed by atoms with Gasteiger partial charge in [-0.3, -0.25) is 9.36 Å². The Balaban J connectivity index is 1.62. The fourth-order valence-corrected chi connectivity index (χ4v) is 4.18. The van der Waals surface area contributed by atoms with Gasteiger partial charge in [-0.2, -0.15) is 0 Å². The molecule has 9 heteroatoms. The molecule has 0 aliphatic carbocycles. The highest BCUT2D eigenvalue weighted by molar-refractivity contribution is 8.04. The van der Waals surface area contributed by atoms with E-state index >= 15 is 0 Å². The molecule has 0 saturated carbocycles. The van der Waals surface area contributed by atoms with Crippen molar-refractivity contribution in [1.82, 2.24) is 19.7 Å². The predicted molar refractivity (Wildman–Crippen MR) is 101 cm³/mol. The van der Waals surface area contributed by atoms with Crippen LogP contribution in [0.2, 0.25) is 0 Å². The van der Waals surface area contributed by atoms with Crippen LogP contribution in [0.5, 0.6) is 0 Å². The number of hydrogen-bond donors (Lipinski definition) is 0. The van der Waals surface area contributed by atoms with Crippen LogP contribution in [0.1, 0.15) is 6.92 Å². The van der Waals surface area contributed by atoms with E-state index in [2.05, 4.69) is 10.2 Å². The Bertz CT molecular complexity index is 807. The SMILES string of the molecule is CCOC(=O)/C=C1\SCC(=O)N1CCSc1nncn1-c1ccccc1. The van der Waals surface area contributed by atoms with Crippen LogP contribution in [0, 0.1) is 0 Å². The number of thioether (sulfide) groups is 2. The summed E-state index contributed by atoms with van der Waals surface area (Å²) in [5.74, 6) is 0.551. The van der Waals surface area contributed by atoms with Crippen LogP contribution in [0.3, 0.4) is 0 Å². The van der Waals surface area contributed by atoms with E-state index in [9.17, 15) is 9.59 Å². The Morgan fingerprint density at radius 3 is 2.96 bits per heavy atom. The molecule has 1 aromatic heterocycles. The van der Waals surface area contributed by atoms with Gasteiger partial charge in [0.1, 0.15) is 6.33 Å². The minimum Gasteiger partial charge on any atom is -0.463 e. The molecule has 26 heavy (non-hydrogen) atoms. The standard InChI is InChI=1S/C17H18N4O3S2/c1-2-24-16(23)10-15-20(14(22)11-26-15)8-9-25-17-19-18-12-21(17)13-6-4-3-5-7-13/h3-7,10,12H,2,8-9,11H2,1H3/b15-10-. The largest absolute Gasteiger partial charge is 0.463 e. The zero-order valence-electron chi connectivity index (χ0n) is 14.2. The molecular formula is C17H18N4O3S2. The second-order valence-corrected chi connectivity index (χ2v) is 7.29. The van der Waals surface area contributed by atoms with E-state index in [4.69, 9.17) is 4.74 Å². The average molecular weight is 390 g/mol. The molecule has 2 aromatic rings. The molecule has 136 valence electrons. The van der Waals surface area contributed by atoms with Crippen molar-refractivity contribution in [2.75, 3.05) is 24.7 Å². The number of benzene rings is 1. The van der Waals surface area contributed by atoms with Crippen molar-refractivity contribution in [3.05, 3.63) is 47.8 Å². The number of nitrogens with zero attached hydrogens (tertiary/aromatic N) is 4. The maximum atomic E-state index is 12.1. The summed E-state index contributed by atoms with van der Waals surface area (Å²) in [7, 11) is 0. The van der Waals surface area contributed by atoms with Gasteiger partial charge in [0, 0.05) is 18.0 Å². The van der Waals surface area contributed by atoms with Crippen molar-refractivity contribution in [3.8, 4) is 5.69 Å². The van der Waals surface area contributed by atoms with Crippen LogP contribution in [0.15, 0.2) is 52.9 Å². The number of rotatable bonds is 7. The van der Waals surface area contributed by atoms with E-state index in [1.807, 2.05) is 34.9 Å². The molecule has 1 amide bonds. The maximum absolute atomic E-state index is 12.1. The molecule has 0 atom stereocenters. The normalized spacial score (nSPS) is 15.7. The number of esters is 1. The lowest BCUT2D eigenvalue weighted by molar-refractivity contribution is -0.137. The van der Waals surface area contributed by atoms with E-state index in [-0.39, 0.29) is 5.91 Å². The Morgan fingerprint density at radius 1 is 1.38 bits per heavy atom. The minimum absolute atomic E-state index is 0.00400. The summed E-state index contributed by atoms with van der Waals surface area (Å²) in [4.78, 5) is 25.3. The number of para-hydroxylation sites is 1.